The Hall–Kier alpha value is -1.75. The van der Waals surface area contributed by atoms with Gasteiger partial charge >= 0.3 is 0 Å². The largest absolute Gasteiger partial charge is 0.316 e. The van der Waals surface area contributed by atoms with Crippen molar-refractivity contribution >= 4 is 0 Å². The fourth-order valence-electron chi connectivity index (χ4n) is 2.56. The van der Waals surface area contributed by atoms with Gasteiger partial charge in [0.05, 0.1) is 23.8 Å². The molecular formula is C14H19N5. The topological polar surface area (TPSA) is 55.6 Å². The lowest BCUT2D eigenvalue weighted by atomic mass is 9.95. The Labute approximate surface area is 113 Å². The number of aryl methyl sites for hydroxylation is 1. The summed E-state index contributed by atoms with van der Waals surface area (Å²) >= 11 is 0. The van der Waals surface area contributed by atoms with Crippen molar-refractivity contribution in [1.29, 1.82) is 0 Å². The minimum Gasteiger partial charge on any atom is -0.316 e. The van der Waals surface area contributed by atoms with Crippen molar-refractivity contribution in [2.75, 3.05) is 13.1 Å². The van der Waals surface area contributed by atoms with Gasteiger partial charge in [0.25, 0.3) is 0 Å². The molecule has 0 aliphatic carbocycles. The maximum atomic E-state index is 4.53. The Morgan fingerprint density at radius 2 is 2.26 bits per heavy atom. The van der Waals surface area contributed by atoms with E-state index in [2.05, 4.69) is 20.4 Å². The second-order valence-electron chi connectivity index (χ2n) is 5.21. The fourth-order valence-corrected chi connectivity index (χ4v) is 2.56. The lowest BCUT2D eigenvalue weighted by Crippen LogP contribution is -2.31. The Morgan fingerprint density at radius 1 is 1.32 bits per heavy atom. The molecule has 1 N–H and O–H groups in total. The minimum atomic E-state index is 0.701. The number of rotatable bonds is 3. The molecule has 3 heterocycles. The lowest BCUT2D eigenvalue weighted by Gasteiger charge is -2.22. The van der Waals surface area contributed by atoms with Crippen LogP contribution in [0.2, 0.25) is 0 Å². The zero-order valence-corrected chi connectivity index (χ0v) is 11.2. The summed E-state index contributed by atoms with van der Waals surface area (Å²) in [5.41, 5.74) is 2.99. The van der Waals surface area contributed by atoms with E-state index in [0.29, 0.717) is 5.92 Å². The van der Waals surface area contributed by atoms with Crippen molar-refractivity contribution in [1.82, 2.24) is 25.1 Å². The second kappa shape index (κ2) is 5.48. The Bertz CT molecular complexity index is 525. The van der Waals surface area contributed by atoms with Crippen LogP contribution in [-0.4, -0.2) is 32.8 Å². The highest BCUT2D eigenvalue weighted by atomic mass is 15.2. The van der Waals surface area contributed by atoms with Crippen molar-refractivity contribution in [3.05, 3.63) is 30.5 Å². The van der Waals surface area contributed by atoms with Crippen molar-refractivity contribution < 1.29 is 0 Å². The first-order valence-electron chi connectivity index (χ1n) is 6.82. The monoisotopic (exact) mass is 257 g/mol. The first kappa shape index (κ1) is 12.3. The number of nitrogens with one attached hydrogen (secondary N) is 1. The number of hydrogen-bond donors (Lipinski definition) is 1. The summed E-state index contributed by atoms with van der Waals surface area (Å²) in [6.45, 7) is 2.26. The van der Waals surface area contributed by atoms with Crippen LogP contribution in [0.15, 0.2) is 24.8 Å². The summed E-state index contributed by atoms with van der Waals surface area (Å²) < 4.78 is 1.78. The molecule has 1 aliphatic heterocycles. The normalized spacial score (nSPS) is 19.5. The van der Waals surface area contributed by atoms with Crippen LogP contribution >= 0.6 is 0 Å². The standard InChI is InChI=1S/C14H19N5/c1-19-10-12(7-18-19)14-9-16-13(8-17-14)5-11-3-2-4-15-6-11/h7-11,15H,2-6H2,1H3. The summed E-state index contributed by atoms with van der Waals surface area (Å²) in [4.78, 5) is 9.02. The minimum absolute atomic E-state index is 0.701. The van der Waals surface area contributed by atoms with Crippen LogP contribution in [0.5, 0.6) is 0 Å². The van der Waals surface area contributed by atoms with Gasteiger partial charge in [-0.2, -0.15) is 5.10 Å². The summed E-state index contributed by atoms with van der Waals surface area (Å²) in [6, 6.07) is 0. The summed E-state index contributed by atoms with van der Waals surface area (Å²) in [5, 5.41) is 7.59. The molecule has 1 atom stereocenters. The zero-order chi connectivity index (χ0) is 13.1. The summed E-state index contributed by atoms with van der Waals surface area (Å²) in [6.07, 6.45) is 11.1. The van der Waals surface area contributed by atoms with Gasteiger partial charge in [-0.1, -0.05) is 0 Å². The number of hydrogen-bond acceptors (Lipinski definition) is 4. The van der Waals surface area contributed by atoms with Crippen LogP contribution in [-0.2, 0) is 13.5 Å². The van der Waals surface area contributed by atoms with Gasteiger partial charge in [-0.05, 0) is 38.3 Å². The van der Waals surface area contributed by atoms with Crippen molar-refractivity contribution in [2.45, 2.75) is 19.3 Å². The molecule has 19 heavy (non-hydrogen) atoms. The van der Waals surface area contributed by atoms with Crippen LogP contribution in [0.4, 0.5) is 0 Å². The second-order valence-corrected chi connectivity index (χ2v) is 5.21. The molecule has 1 unspecified atom stereocenters. The van der Waals surface area contributed by atoms with E-state index in [1.807, 2.05) is 31.8 Å². The van der Waals surface area contributed by atoms with Gasteiger partial charge in [0.1, 0.15) is 0 Å². The fraction of sp³-hybridized carbons (Fsp3) is 0.500. The van der Waals surface area contributed by atoms with E-state index in [-0.39, 0.29) is 0 Å². The third-order valence-electron chi connectivity index (χ3n) is 3.60. The Morgan fingerprint density at radius 3 is 2.89 bits per heavy atom. The van der Waals surface area contributed by atoms with E-state index < -0.39 is 0 Å². The molecule has 1 fully saturated rings. The van der Waals surface area contributed by atoms with Gasteiger partial charge in [-0.25, -0.2) is 0 Å². The maximum Gasteiger partial charge on any atom is 0.0916 e. The van der Waals surface area contributed by atoms with E-state index in [1.54, 1.807) is 4.68 Å². The van der Waals surface area contributed by atoms with Crippen LogP contribution in [0.25, 0.3) is 11.3 Å². The van der Waals surface area contributed by atoms with Gasteiger partial charge in [0, 0.05) is 25.0 Å². The molecule has 1 saturated heterocycles. The molecule has 0 amide bonds. The maximum absolute atomic E-state index is 4.53. The number of nitrogens with zero attached hydrogens (tertiary/aromatic N) is 4. The van der Waals surface area contributed by atoms with Crippen LogP contribution in [0.1, 0.15) is 18.5 Å². The van der Waals surface area contributed by atoms with E-state index in [4.69, 9.17) is 0 Å². The van der Waals surface area contributed by atoms with E-state index in [1.165, 1.54) is 12.8 Å². The van der Waals surface area contributed by atoms with Crippen LogP contribution in [0.3, 0.4) is 0 Å². The summed E-state index contributed by atoms with van der Waals surface area (Å²) in [7, 11) is 1.90. The summed E-state index contributed by atoms with van der Waals surface area (Å²) in [5.74, 6) is 0.701. The van der Waals surface area contributed by atoms with Gasteiger partial charge < -0.3 is 5.32 Å². The molecule has 3 rings (SSSR count). The molecular weight excluding hydrogens is 238 g/mol. The van der Waals surface area contributed by atoms with Crippen molar-refractivity contribution in [3.63, 3.8) is 0 Å². The molecule has 0 saturated carbocycles. The molecule has 0 radical (unpaired) electrons. The molecule has 0 spiro atoms. The third-order valence-corrected chi connectivity index (χ3v) is 3.60. The average Bonchev–Trinajstić information content (AvgIpc) is 2.87. The molecule has 100 valence electrons. The highest BCUT2D eigenvalue weighted by Crippen LogP contribution is 2.17. The van der Waals surface area contributed by atoms with Gasteiger partial charge in [-0.15, -0.1) is 0 Å². The van der Waals surface area contributed by atoms with Crippen LogP contribution < -0.4 is 5.32 Å². The van der Waals surface area contributed by atoms with Crippen molar-refractivity contribution in [2.24, 2.45) is 13.0 Å². The van der Waals surface area contributed by atoms with Gasteiger partial charge in [0.15, 0.2) is 0 Å². The first-order chi connectivity index (χ1) is 9.31. The molecule has 0 bridgehead atoms. The quantitative estimate of drug-likeness (QED) is 0.903. The molecule has 1 aliphatic rings. The average molecular weight is 257 g/mol. The van der Waals surface area contributed by atoms with Crippen molar-refractivity contribution in [3.8, 4) is 11.3 Å². The van der Waals surface area contributed by atoms with Gasteiger partial charge in [-0.3, -0.25) is 14.6 Å². The molecule has 0 aromatic carbocycles. The predicted octanol–water partition coefficient (Wildman–Crippen LogP) is 1.42. The van der Waals surface area contributed by atoms with E-state index in [0.717, 1.165) is 36.5 Å². The molecule has 5 heteroatoms. The van der Waals surface area contributed by atoms with E-state index in [9.17, 15) is 0 Å². The smallest absolute Gasteiger partial charge is 0.0916 e. The van der Waals surface area contributed by atoms with Gasteiger partial charge in [0.2, 0.25) is 0 Å². The highest BCUT2D eigenvalue weighted by molar-refractivity contribution is 5.55. The zero-order valence-electron chi connectivity index (χ0n) is 11.2. The van der Waals surface area contributed by atoms with E-state index >= 15 is 0 Å². The Kier molecular flexibility index (Phi) is 3.55. The SMILES string of the molecule is Cn1cc(-c2cnc(CC3CCCNC3)cn2)cn1. The molecule has 2 aromatic rings. The predicted molar refractivity (Wildman–Crippen MR) is 73.5 cm³/mol. The number of piperidine rings is 1. The Balaban J connectivity index is 1.68. The molecule has 5 nitrogen and oxygen atoms in total. The van der Waals surface area contributed by atoms with Crippen LogP contribution in [0, 0.1) is 5.92 Å². The first-order valence-corrected chi connectivity index (χ1v) is 6.82. The lowest BCUT2D eigenvalue weighted by molar-refractivity contribution is 0.373. The third kappa shape index (κ3) is 2.98. The molecule has 2 aromatic heterocycles. The number of aromatic nitrogens is 4. The highest BCUT2D eigenvalue weighted by Gasteiger charge is 2.14.